The first-order valence-corrected chi connectivity index (χ1v) is 10.4. The van der Waals surface area contributed by atoms with Crippen LogP contribution in [0.4, 0.5) is 0 Å². The van der Waals surface area contributed by atoms with Crippen LogP contribution in [0.25, 0.3) is 0 Å². The number of aliphatic hydroxyl groups is 1. The Bertz CT molecular complexity index is 600. The minimum Gasteiger partial charge on any atom is -0.396 e. The third kappa shape index (κ3) is 4.35. The molecule has 0 aromatic rings. The van der Waals surface area contributed by atoms with Gasteiger partial charge in [0, 0.05) is 6.61 Å². The average molecular weight is 443 g/mol. The SMILES string of the molecule is C.C.C.C.C.C.CC1C(=O)OC(=O)C1C1C2CC(CO)C(C2)C1C1C2CCC(C2)C1C. The first kappa shape index (κ1) is 32.3. The minimum atomic E-state index is -0.323. The normalized spacial score (nSPS) is 45.8. The van der Waals surface area contributed by atoms with Gasteiger partial charge >= 0.3 is 11.9 Å². The molecular formula is C27H54O4. The van der Waals surface area contributed by atoms with Gasteiger partial charge in [0.1, 0.15) is 0 Å². The maximum absolute atomic E-state index is 12.5. The van der Waals surface area contributed by atoms with Crippen molar-refractivity contribution >= 4 is 11.9 Å². The number of carbonyl (C=O) groups is 2. The Kier molecular flexibility index (Phi) is 11.8. The molecule has 4 bridgehead atoms. The molecule has 0 aromatic carbocycles. The van der Waals surface area contributed by atoms with Crippen LogP contribution in [0, 0.1) is 65.1 Å². The van der Waals surface area contributed by atoms with Crippen molar-refractivity contribution in [2.24, 2.45) is 65.1 Å². The molecule has 11 unspecified atom stereocenters. The summed E-state index contributed by atoms with van der Waals surface area (Å²) in [6, 6.07) is 0. The molecule has 31 heavy (non-hydrogen) atoms. The van der Waals surface area contributed by atoms with Crippen molar-refractivity contribution in [2.75, 3.05) is 6.61 Å². The quantitative estimate of drug-likeness (QED) is 0.390. The van der Waals surface area contributed by atoms with E-state index in [1.807, 2.05) is 6.92 Å². The maximum Gasteiger partial charge on any atom is 0.317 e. The van der Waals surface area contributed by atoms with Gasteiger partial charge in [-0.05, 0) is 85.4 Å². The van der Waals surface area contributed by atoms with E-state index >= 15 is 0 Å². The molecule has 4 aliphatic carbocycles. The van der Waals surface area contributed by atoms with Crippen molar-refractivity contribution < 1.29 is 19.4 Å². The Morgan fingerprint density at radius 3 is 1.87 bits per heavy atom. The molecule has 0 spiro atoms. The summed E-state index contributed by atoms with van der Waals surface area (Å²) < 4.78 is 5.03. The number of fused-ring (bicyclic) bond motifs is 4. The summed E-state index contributed by atoms with van der Waals surface area (Å²) in [5.41, 5.74) is 0. The molecule has 0 aromatic heterocycles. The fourth-order valence-corrected chi connectivity index (χ4v) is 8.26. The van der Waals surface area contributed by atoms with Crippen LogP contribution < -0.4 is 0 Å². The lowest BCUT2D eigenvalue weighted by Gasteiger charge is -2.45. The zero-order chi connectivity index (χ0) is 17.5. The van der Waals surface area contributed by atoms with Gasteiger partial charge in [0.25, 0.3) is 0 Å². The second kappa shape index (κ2) is 11.3. The molecule has 0 radical (unpaired) electrons. The average Bonchev–Trinajstić information content (AvgIpc) is 3.36. The lowest BCUT2D eigenvalue weighted by atomic mass is 9.58. The summed E-state index contributed by atoms with van der Waals surface area (Å²) in [5, 5.41) is 9.90. The van der Waals surface area contributed by atoms with Crippen LogP contribution in [0.5, 0.6) is 0 Å². The second-order valence-corrected chi connectivity index (χ2v) is 9.82. The minimum absolute atomic E-state index is 0. The van der Waals surface area contributed by atoms with Gasteiger partial charge in [0.15, 0.2) is 0 Å². The molecule has 4 nitrogen and oxygen atoms in total. The topological polar surface area (TPSA) is 63.6 Å². The standard InChI is InChI=1S/C21H30O4.6CH4/c1-9-11-3-4-12(5-11)16(9)19-15-7-13(6-14(15)8-22)18(19)17-10(2)20(23)25-21(17)24;;;;;;/h9-19,22H,3-8H2,1-2H3;6*1H4. The van der Waals surface area contributed by atoms with Crippen molar-refractivity contribution in [1.29, 1.82) is 0 Å². The van der Waals surface area contributed by atoms with Gasteiger partial charge in [-0.1, -0.05) is 58.4 Å². The van der Waals surface area contributed by atoms with Crippen LogP contribution >= 0.6 is 0 Å². The van der Waals surface area contributed by atoms with E-state index < -0.39 is 0 Å². The Hall–Kier alpha value is -0.900. The fraction of sp³-hybridized carbons (Fsp3) is 0.926. The van der Waals surface area contributed by atoms with Crippen molar-refractivity contribution in [3.8, 4) is 0 Å². The third-order valence-corrected chi connectivity index (χ3v) is 9.16. The van der Waals surface area contributed by atoms with Crippen molar-refractivity contribution in [1.82, 2.24) is 0 Å². The highest BCUT2D eigenvalue weighted by molar-refractivity contribution is 5.96. The zero-order valence-electron chi connectivity index (χ0n) is 15.3. The lowest BCUT2D eigenvalue weighted by molar-refractivity contribution is -0.154. The summed E-state index contributed by atoms with van der Waals surface area (Å²) >= 11 is 0. The Morgan fingerprint density at radius 2 is 1.39 bits per heavy atom. The Labute approximate surface area is 193 Å². The highest BCUT2D eigenvalue weighted by Gasteiger charge is 2.64. The Balaban J connectivity index is 0. The van der Waals surface area contributed by atoms with E-state index in [1.54, 1.807) is 0 Å². The van der Waals surface area contributed by atoms with Crippen molar-refractivity contribution in [2.45, 2.75) is 90.5 Å². The van der Waals surface area contributed by atoms with Crippen LogP contribution in [-0.4, -0.2) is 23.7 Å². The van der Waals surface area contributed by atoms with Crippen LogP contribution in [0.2, 0.25) is 0 Å². The summed E-state index contributed by atoms with van der Waals surface area (Å²) in [6.07, 6.45) is 6.25. The van der Waals surface area contributed by atoms with Crippen molar-refractivity contribution in [3.63, 3.8) is 0 Å². The van der Waals surface area contributed by atoms with Crippen molar-refractivity contribution in [3.05, 3.63) is 0 Å². The first-order valence-electron chi connectivity index (χ1n) is 10.4. The molecule has 1 N–H and O–H groups in total. The van der Waals surface area contributed by atoms with Gasteiger partial charge in [-0.2, -0.15) is 0 Å². The Morgan fingerprint density at radius 1 is 0.774 bits per heavy atom. The van der Waals surface area contributed by atoms with E-state index in [2.05, 4.69) is 6.92 Å². The van der Waals surface area contributed by atoms with Crippen LogP contribution in [0.3, 0.4) is 0 Å². The molecule has 4 heteroatoms. The molecule has 5 aliphatic rings. The van der Waals surface area contributed by atoms with E-state index in [0.717, 1.165) is 30.6 Å². The molecule has 1 heterocycles. The second-order valence-electron chi connectivity index (χ2n) is 9.82. The molecular weight excluding hydrogens is 388 g/mol. The molecule has 5 fully saturated rings. The van der Waals surface area contributed by atoms with Crippen LogP contribution in [0.1, 0.15) is 90.5 Å². The summed E-state index contributed by atoms with van der Waals surface area (Å²) in [6.45, 7) is 4.59. The number of rotatable bonds is 3. The monoisotopic (exact) mass is 442 g/mol. The van der Waals surface area contributed by atoms with Crippen LogP contribution in [0.15, 0.2) is 0 Å². The molecule has 1 saturated heterocycles. The first-order chi connectivity index (χ1) is 12.0. The van der Waals surface area contributed by atoms with Crippen LogP contribution in [-0.2, 0) is 14.3 Å². The molecule has 5 rings (SSSR count). The summed E-state index contributed by atoms with van der Waals surface area (Å²) in [7, 11) is 0. The maximum atomic E-state index is 12.5. The number of hydrogen-bond donors (Lipinski definition) is 1. The predicted molar refractivity (Wildman–Crippen MR) is 131 cm³/mol. The highest BCUT2D eigenvalue weighted by atomic mass is 16.6. The molecule has 4 saturated carbocycles. The van der Waals surface area contributed by atoms with Gasteiger partial charge in [-0.25, -0.2) is 0 Å². The predicted octanol–water partition coefficient (Wildman–Crippen LogP) is 6.70. The molecule has 186 valence electrons. The van der Waals surface area contributed by atoms with E-state index in [0.29, 0.717) is 35.5 Å². The smallest absolute Gasteiger partial charge is 0.317 e. The number of cyclic esters (lactones) is 2. The van der Waals surface area contributed by atoms with Gasteiger partial charge < -0.3 is 9.84 Å². The lowest BCUT2D eigenvalue weighted by Crippen LogP contribution is -2.44. The number of aliphatic hydroxyl groups excluding tert-OH is 1. The third-order valence-electron chi connectivity index (χ3n) is 9.16. The zero-order valence-corrected chi connectivity index (χ0v) is 15.3. The van der Waals surface area contributed by atoms with Gasteiger partial charge in [-0.15, -0.1) is 0 Å². The van der Waals surface area contributed by atoms with Gasteiger partial charge in [0.2, 0.25) is 0 Å². The molecule has 11 atom stereocenters. The number of carbonyl (C=O) groups excluding carboxylic acids is 2. The number of ether oxygens (including phenoxy) is 1. The van der Waals surface area contributed by atoms with Gasteiger partial charge in [0.05, 0.1) is 11.8 Å². The number of esters is 2. The largest absolute Gasteiger partial charge is 0.396 e. The van der Waals surface area contributed by atoms with E-state index in [-0.39, 0.29) is 74.9 Å². The number of hydrogen-bond acceptors (Lipinski definition) is 4. The van der Waals surface area contributed by atoms with E-state index in [1.165, 1.54) is 19.3 Å². The molecule has 1 aliphatic heterocycles. The van der Waals surface area contributed by atoms with E-state index in [9.17, 15) is 14.7 Å². The van der Waals surface area contributed by atoms with E-state index in [4.69, 9.17) is 4.74 Å². The summed E-state index contributed by atoms with van der Waals surface area (Å²) in [4.78, 5) is 24.5. The fourth-order valence-electron chi connectivity index (χ4n) is 8.26. The highest BCUT2D eigenvalue weighted by Crippen LogP contribution is 2.67. The summed E-state index contributed by atoms with van der Waals surface area (Å²) in [5.74, 6) is 4.20. The molecule has 0 amide bonds. The van der Waals surface area contributed by atoms with Gasteiger partial charge in [-0.3, -0.25) is 9.59 Å².